The van der Waals surface area contributed by atoms with Gasteiger partial charge in [-0.2, -0.15) is 0 Å². The standard InChI is InChI=1S/C21H25N3OS2/c1-14-12-18-19(13-15(14)2)27-21(22-18)24(11-10-23(3)4)20(25)16-6-8-17(26-5)9-7-16/h6-9,12-13H,10-11H2,1-5H3. The summed E-state index contributed by atoms with van der Waals surface area (Å²) in [6, 6.07) is 12.1. The summed E-state index contributed by atoms with van der Waals surface area (Å²) in [5, 5.41) is 0.760. The molecule has 1 aromatic heterocycles. The molecule has 27 heavy (non-hydrogen) atoms. The van der Waals surface area contributed by atoms with Crippen LogP contribution in [0, 0.1) is 13.8 Å². The van der Waals surface area contributed by atoms with Crippen LogP contribution >= 0.6 is 23.1 Å². The molecule has 0 spiro atoms. The Balaban J connectivity index is 1.98. The molecule has 0 fully saturated rings. The van der Waals surface area contributed by atoms with Crippen molar-refractivity contribution in [2.75, 3.05) is 38.3 Å². The van der Waals surface area contributed by atoms with Crippen molar-refractivity contribution < 1.29 is 4.79 Å². The molecule has 0 saturated heterocycles. The zero-order valence-corrected chi connectivity index (χ0v) is 18.1. The van der Waals surface area contributed by atoms with Gasteiger partial charge in [-0.1, -0.05) is 11.3 Å². The molecule has 0 aliphatic carbocycles. The van der Waals surface area contributed by atoms with Gasteiger partial charge in [0.15, 0.2) is 5.13 Å². The van der Waals surface area contributed by atoms with Crippen molar-refractivity contribution in [3.8, 4) is 0 Å². The van der Waals surface area contributed by atoms with E-state index in [2.05, 4.69) is 30.9 Å². The van der Waals surface area contributed by atoms with E-state index in [0.29, 0.717) is 12.1 Å². The first kappa shape index (κ1) is 19.9. The maximum absolute atomic E-state index is 13.2. The van der Waals surface area contributed by atoms with Gasteiger partial charge in [0.2, 0.25) is 0 Å². The second-order valence-corrected chi connectivity index (χ2v) is 8.78. The number of benzene rings is 2. The third-order valence-electron chi connectivity index (χ3n) is 4.58. The van der Waals surface area contributed by atoms with Gasteiger partial charge in [0.25, 0.3) is 5.91 Å². The Morgan fingerprint density at radius 3 is 2.37 bits per heavy atom. The summed E-state index contributed by atoms with van der Waals surface area (Å²) in [5.74, 6) is -0.00277. The quantitative estimate of drug-likeness (QED) is 0.556. The van der Waals surface area contributed by atoms with Gasteiger partial charge in [-0.05, 0) is 81.7 Å². The second-order valence-electron chi connectivity index (χ2n) is 6.89. The molecular formula is C21H25N3OS2. The fourth-order valence-corrected chi connectivity index (χ4v) is 4.23. The summed E-state index contributed by atoms with van der Waals surface area (Å²) in [6.45, 7) is 5.59. The van der Waals surface area contributed by atoms with Crippen LogP contribution in [0.4, 0.5) is 5.13 Å². The van der Waals surface area contributed by atoms with E-state index in [9.17, 15) is 4.79 Å². The highest BCUT2D eigenvalue weighted by atomic mass is 32.2. The Labute approximate surface area is 169 Å². The molecule has 1 amide bonds. The molecule has 0 radical (unpaired) electrons. The lowest BCUT2D eigenvalue weighted by Gasteiger charge is -2.22. The van der Waals surface area contributed by atoms with Crippen LogP contribution in [0.25, 0.3) is 10.2 Å². The van der Waals surface area contributed by atoms with Crippen molar-refractivity contribution in [2.24, 2.45) is 0 Å². The number of amides is 1. The van der Waals surface area contributed by atoms with Crippen molar-refractivity contribution in [2.45, 2.75) is 18.7 Å². The molecule has 6 heteroatoms. The number of nitrogens with zero attached hydrogens (tertiary/aromatic N) is 3. The highest BCUT2D eigenvalue weighted by Gasteiger charge is 2.21. The predicted octanol–water partition coefficient (Wildman–Crippen LogP) is 4.84. The highest BCUT2D eigenvalue weighted by molar-refractivity contribution is 7.98. The number of thiazole rings is 1. The van der Waals surface area contributed by atoms with E-state index in [1.807, 2.05) is 49.5 Å². The molecule has 0 bridgehead atoms. The lowest BCUT2D eigenvalue weighted by atomic mass is 10.1. The molecule has 0 atom stereocenters. The van der Waals surface area contributed by atoms with Gasteiger partial charge in [-0.25, -0.2) is 4.98 Å². The van der Waals surface area contributed by atoms with Crippen molar-refractivity contribution in [3.63, 3.8) is 0 Å². The number of aromatic nitrogens is 1. The Hall–Kier alpha value is -1.89. The van der Waals surface area contributed by atoms with E-state index in [1.54, 1.807) is 23.1 Å². The molecule has 3 aromatic rings. The molecule has 2 aromatic carbocycles. The normalized spacial score (nSPS) is 11.3. The van der Waals surface area contributed by atoms with Crippen molar-refractivity contribution in [1.82, 2.24) is 9.88 Å². The van der Waals surface area contributed by atoms with E-state index in [0.717, 1.165) is 26.8 Å². The van der Waals surface area contributed by atoms with Crippen LogP contribution < -0.4 is 4.90 Å². The molecule has 1 heterocycles. The summed E-state index contributed by atoms with van der Waals surface area (Å²) in [5.41, 5.74) is 4.12. The highest BCUT2D eigenvalue weighted by Crippen LogP contribution is 2.31. The van der Waals surface area contributed by atoms with Crippen LogP contribution in [0.2, 0.25) is 0 Å². The molecule has 0 aliphatic rings. The van der Waals surface area contributed by atoms with E-state index in [-0.39, 0.29) is 5.91 Å². The number of thioether (sulfide) groups is 1. The molecule has 0 unspecified atom stereocenters. The number of hydrogen-bond donors (Lipinski definition) is 0. The Kier molecular flexibility index (Phi) is 6.19. The van der Waals surface area contributed by atoms with Gasteiger partial charge in [0.05, 0.1) is 10.2 Å². The summed E-state index contributed by atoms with van der Waals surface area (Å²) in [7, 11) is 4.03. The van der Waals surface area contributed by atoms with Crippen LogP contribution in [-0.2, 0) is 0 Å². The smallest absolute Gasteiger partial charge is 0.260 e. The number of likely N-dealkylation sites (N-methyl/N-ethyl adjacent to an activating group) is 1. The molecule has 0 N–H and O–H groups in total. The van der Waals surface area contributed by atoms with Crippen molar-refractivity contribution in [1.29, 1.82) is 0 Å². The Bertz CT molecular complexity index is 909. The number of anilines is 1. The van der Waals surface area contributed by atoms with Gasteiger partial charge in [0, 0.05) is 23.5 Å². The largest absolute Gasteiger partial charge is 0.308 e. The average molecular weight is 400 g/mol. The van der Waals surface area contributed by atoms with E-state index in [4.69, 9.17) is 4.98 Å². The molecule has 142 valence electrons. The molecule has 3 rings (SSSR count). The van der Waals surface area contributed by atoms with Gasteiger partial charge in [0.1, 0.15) is 0 Å². The molecule has 0 aliphatic heterocycles. The molecule has 0 saturated carbocycles. The first-order valence-corrected chi connectivity index (χ1v) is 10.9. The number of carbonyl (C=O) groups is 1. The van der Waals surface area contributed by atoms with Gasteiger partial charge < -0.3 is 4.90 Å². The van der Waals surface area contributed by atoms with Crippen molar-refractivity contribution in [3.05, 3.63) is 53.1 Å². The first-order chi connectivity index (χ1) is 12.9. The maximum Gasteiger partial charge on any atom is 0.260 e. The summed E-state index contributed by atoms with van der Waals surface area (Å²) in [4.78, 5) is 23.1. The minimum Gasteiger partial charge on any atom is -0.308 e. The summed E-state index contributed by atoms with van der Waals surface area (Å²) < 4.78 is 1.12. The zero-order chi connectivity index (χ0) is 19.6. The van der Waals surface area contributed by atoms with Crippen LogP contribution in [0.3, 0.4) is 0 Å². The van der Waals surface area contributed by atoms with Crippen LogP contribution in [-0.4, -0.2) is 49.2 Å². The minimum absolute atomic E-state index is 0.00277. The SMILES string of the molecule is CSc1ccc(C(=O)N(CCN(C)C)c2nc3cc(C)c(C)cc3s2)cc1. The lowest BCUT2D eigenvalue weighted by Crippen LogP contribution is -2.36. The van der Waals surface area contributed by atoms with E-state index < -0.39 is 0 Å². The van der Waals surface area contributed by atoms with Crippen LogP contribution in [0.5, 0.6) is 0 Å². The average Bonchev–Trinajstić information content (AvgIpc) is 3.04. The zero-order valence-electron chi connectivity index (χ0n) is 16.4. The third-order valence-corrected chi connectivity index (χ3v) is 6.36. The van der Waals surface area contributed by atoms with Gasteiger partial charge >= 0.3 is 0 Å². The third kappa shape index (κ3) is 4.51. The van der Waals surface area contributed by atoms with E-state index >= 15 is 0 Å². The molecular weight excluding hydrogens is 374 g/mol. The number of fused-ring (bicyclic) bond motifs is 1. The second kappa shape index (κ2) is 8.42. The Morgan fingerprint density at radius 2 is 1.74 bits per heavy atom. The fraction of sp³-hybridized carbons (Fsp3) is 0.333. The first-order valence-electron chi connectivity index (χ1n) is 8.87. The van der Waals surface area contributed by atoms with Gasteiger partial charge in [-0.15, -0.1) is 11.8 Å². The number of aryl methyl sites for hydroxylation is 2. The van der Waals surface area contributed by atoms with Gasteiger partial charge in [-0.3, -0.25) is 9.69 Å². The number of rotatable bonds is 6. The fourth-order valence-electron chi connectivity index (χ4n) is 2.76. The van der Waals surface area contributed by atoms with Crippen LogP contribution in [0.15, 0.2) is 41.3 Å². The monoisotopic (exact) mass is 399 g/mol. The lowest BCUT2D eigenvalue weighted by molar-refractivity contribution is 0.0985. The number of hydrogen-bond acceptors (Lipinski definition) is 5. The Morgan fingerprint density at radius 1 is 1.07 bits per heavy atom. The minimum atomic E-state index is -0.00277. The summed E-state index contributed by atoms with van der Waals surface area (Å²) >= 11 is 3.25. The van der Waals surface area contributed by atoms with Crippen molar-refractivity contribution >= 4 is 44.4 Å². The summed E-state index contributed by atoms with van der Waals surface area (Å²) in [6.07, 6.45) is 2.03. The topological polar surface area (TPSA) is 36.4 Å². The van der Waals surface area contributed by atoms with E-state index in [1.165, 1.54) is 11.1 Å². The maximum atomic E-state index is 13.2. The number of carbonyl (C=O) groups excluding carboxylic acids is 1. The predicted molar refractivity (Wildman–Crippen MR) is 118 cm³/mol. The van der Waals surface area contributed by atoms with Crippen LogP contribution in [0.1, 0.15) is 21.5 Å². The molecule has 4 nitrogen and oxygen atoms in total.